The van der Waals surface area contributed by atoms with E-state index in [1.54, 1.807) is 10.9 Å². The fraction of sp³-hybridized carbons (Fsp3) is 0.250. The highest BCUT2D eigenvalue weighted by Gasteiger charge is 2.24. The lowest BCUT2D eigenvalue weighted by Gasteiger charge is -2.16. The third-order valence-electron chi connectivity index (χ3n) is 4.01. The van der Waals surface area contributed by atoms with Gasteiger partial charge in [0.15, 0.2) is 5.65 Å². The van der Waals surface area contributed by atoms with Crippen LogP contribution >= 0.6 is 11.8 Å². The van der Waals surface area contributed by atoms with Crippen LogP contribution in [0, 0.1) is 0 Å². The van der Waals surface area contributed by atoms with Gasteiger partial charge in [-0.15, -0.1) is 0 Å². The minimum Gasteiger partial charge on any atom is -0.311 e. The van der Waals surface area contributed by atoms with Crippen molar-refractivity contribution in [3.05, 3.63) is 42.4 Å². The van der Waals surface area contributed by atoms with Gasteiger partial charge in [-0.3, -0.25) is 9.48 Å². The van der Waals surface area contributed by atoms with Crippen LogP contribution in [0.5, 0.6) is 0 Å². The first-order valence-corrected chi connectivity index (χ1v) is 8.36. The van der Waals surface area contributed by atoms with Gasteiger partial charge in [-0.05, 0) is 18.1 Å². The second kappa shape index (κ2) is 5.66. The number of nitrogens with zero attached hydrogens (tertiary/aromatic N) is 5. The molecule has 0 saturated heterocycles. The molecule has 0 unspecified atom stereocenters. The predicted molar refractivity (Wildman–Crippen MR) is 89.5 cm³/mol. The Morgan fingerprint density at radius 3 is 3.09 bits per heavy atom. The van der Waals surface area contributed by atoms with E-state index in [9.17, 15) is 4.79 Å². The van der Waals surface area contributed by atoms with Gasteiger partial charge in [0, 0.05) is 19.3 Å². The van der Waals surface area contributed by atoms with Crippen LogP contribution < -0.4 is 4.90 Å². The van der Waals surface area contributed by atoms with Crippen molar-refractivity contribution in [1.82, 2.24) is 19.7 Å². The molecule has 0 atom stereocenters. The van der Waals surface area contributed by atoms with Crippen molar-refractivity contribution in [3.8, 4) is 0 Å². The number of aromatic nitrogens is 4. The zero-order valence-electron chi connectivity index (χ0n) is 12.6. The van der Waals surface area contributed by atoms with Crippen LogP contribution in [-0.4, -0.2) is 38.0 Å². The van der Waals surface area contributed by atoms with Crippen molar-refractivity contribution in [2.45, 2.75) is 11.4 Å². The summed E-state index contributed by atoms with van der Waals surface area (Å²) in [6.07, 6.45) is 4.18. The summed E-state index contributed by atoms with van der Waals surface area (Å²) in [6.45, 7) is 0.755. The Morgan fingerprint density at radius 1 is 1.30 bits per heavy atom. The monoisotopic (exact) mass is 325 g/mol. The summed E-state index contributed by atoms with van der Waals surface area (Å²) in [4.78, 5) is 22.9. The Hall–Kier alpha value is -2.41. The molecule has 0 bridgehead atoms. The van der Waals surface area contributed by atoms with Crippen LogP contribution in [0.1, 0.15) is 5.56 Å². The molecule has 0 radical (unpaired) electrons. The second-order valence-corrected chi connectivity index (χ2v) is 6.36. The molecule has 23 heavy (non-hydrogen) atoms. The molecule has 0 aliphatic carbocycles. The first-order valence-electron chi connectivity index (χ1n) is 7.38. The number of hydrogen-bond acceptors (Lipinski definition) is 5. The minimum absolute atomic E-state index is 0.107. The maximum Gasteiger partial charge on any atom is 0.237 e. The van der Waals surface area contributed by atoms with Crippen LogP contribution in [0.2, 0.25) is 0 Å². The maximum absolute atomic E-state index is 12.6. The number of benzene rings is 1. The molecule has 3 heterocycles. The maximum atomic E-state index is 12.6. The molecule has 1 amide bonds. The number of anilines is 1. The number of rotatable bonds is 3. The van der Waals surface area contributed by atoms with E-state index >= 15 is 0 Å². The fourth-order valence-electron chi connectivity index (χ4n) is 2.86. The van der Waals surface area contributed by atoms with E-state index in [0.717, 1.165) is 34.7 Å². The minimum atomic E-state index is 0.107. The Morgan fingerprint density at radius 2 is 2.17 bits per heavy atom. The van der Waals surface area contributed by atoms with Crippen LogP contribution in [-0.2, 0) is 18.3 Å². The summed E-state index contributed by atoms with van der Waals surface area (Å²) in [5, 5.41) is 5.88. The first kappa shape index (κ1) is 14.2. The summed E-state index contributed by atoms with van der Waals surface area (Å²) in [5.41, 5.74) is 3.05. The molecule has 1 aliphatic heterocycles. The van der Waals surface area contributed by atoms with Crippen molar-refractivity contribution < 1.29 is 4.79 Å². The van der Waals surface area contributed by atoms with Crippen LogP contribution in [0.4, 0.5) is 5.69 Å². The average Bonchev–Trinajstić information content (AvgIpc) is 3.17. The van der Waals surface area contributed by atoms with Gasteiger partial charge in [0.2, 0.25) is 5.91 Å². The summed E-state index contributed by atoms with van der Waals surface area (Å²) >= 11 is 1.44. The van der Waals surface area contributed by atoms with Gasteiger partial charge in [-0.1, -0.05) is 30.0 Å². The predicted octanol–water partition coefficient (Wildman–Crippen LogP) is 2.04. The largest absolute Gasteiger partial charge is 0.311 e. The van der Waals surface area contributed by atoms with Gasteiger partial charge in [0.1, 0.15) is 11.4 Å². The van der Waals surface area contributed by atoms with E-state index in [1.165, 1.54) is 23.7 Å². The Labute approximate surface area is 137 Å². The summed E-state index contributed by atoms with van der Waals surface area (Å²) < 4.78 is 1.71. The van der Waals surface area contributed by atoms with Crippen LogP contribution in [0.25, 0.3) is 11.0 Å². The summed E-state index contributed by atoms with van der Waals surface area (Å²) in [5.74, 6) is 0.464. The standard InChI is InChI=1S/C16H15N5OS/c1-20-15-12(8-19-20)16(18-10-17-15)23-9-14(22)21-7-6-11-4-2-3-5-13(11)21/h2-5,8,10H,6-7,9H2,1H3. The first-order chi connectivity index (χ1) is 11.2. The normalized spacial score (nSPS) is 13.5. The number of aryl methyl sites for hydroxylation is 1. The van der Waals surface area contributed by atoms with Crippen molar-refractivity contribution in [2.24, 2.45) is 7.05 Å². The van der Waals surface area contributed by atoms with E-state index in [-0.39, 0.29) is 5.91 Å². The highest BCUT2D eigenvalue weighted by Crippen LogP contribution is 2.29. The smallest absolute Gasteiger partial charge is 0.237 e. The molecule has 1 aromatic carbocycles. The van der Waals surface area contributed by atoms with E-state index < -0.39 is 0 Å². The number of fused-ring (bicyclic) bond motifs is 2. The third kappa shape index (κ3) is 2.46. The molecule has 1 aliphatic rings. The van der Waals surface area contributed by atoms with Crippen LogP contribution in [0.15, 0.2) is 41.8 Å². The number of carbonyl (C=O) groups excluding carboxylic acids is 1. The van der Waals surface area contributed by atoms with Crippen LogP contribution in [0.3, 0.4) is 0 Å². The molecule has 7 heteroatoms. The number of para-hydroxylation sites is 1. The molecular weight excluding hydrogens is 310 g/mol. The van der Waals surface area contributed by atoms with Gasteiger partial charge in [-0.25, -0.2) is 9.97 Å². The SMILES string of the molecule is Cn1ncc2c(SCC(=O)N3CCc4ccccc43)ncnc21. The van der Waals surface area contributed by atoms with Crippen molar-refractivity contribution >= 4 is 34.4 Å². The lowest BCUT2D eigenvalue weighted by molar-refractivity contribution is -0.116. The van der Waals surface area contributed by atoms with E-state index in [2.05, 4.69) is 21.1 Å². The van der Waals surface area contributed by atoms with Gasteiger partial charge >= 0.3 is 0 Å². The van der Waals surface area contributed by atoms with Crippen molar-refractivity contribution in [2.75, 3.05) is 17.2 Å². The molecule has 0 spiro atoms. The van der Waals surface area contributed by atoms with E-state index in [0.29, 0.717) is 5.75 Å². The highest BCUT2D eigenvalue weighted by atomic mass is 32.2. The Kier molecular flexibility index (Phi) is 3.49. The molecule has 2 aromatic heterocycles. The van der Waals surface area contributed by atoms with E-state index in [1.807, 2.05) is 30.1 Å². The molecule has 116 valence electrons. The number of amides is 1. The fourth-order valence-corrected chi connectivity index (χ4v) is 3.70. The quantitative estimate of drug-likeness (QED) is 0.545. The summed E-state index contributed by atoms with van der Waals surface area (Å²) in [7, 11) is 1.84. The molecule has 0 fully saturated rings. The van der Waals surface area contributed by atoms with Gasteiger partial charge < -0.3 is 4.90 Å². The molecule has 0 N–H and O–H groups in total. The highest BCUT2D eigenvalue weighted by molar-refractivity contribution is 8.00. The lowest BCUT2D eigenvalue weighted by Crippen LogP contribution is -2.30. The number of hydrogen-bond donors (Lipinski definition) is 0. The topological polar surface area (TPSA) is 63.9 Å². The average molecular weight is 325 g/mol. The van der Waals surface area contributed by atoms with E-state index in [4.69, 9.17) is 0 Å². The van der Waals surface area contributed by atoms with Crippen molar-refractivity contribution in [3.63, 3.8) is 0 Å². The molecule has 3 aromatic rings. The molecule has 0 saturated carbocycles. The van der Waals surface area contributed by atoms with Gasteiger partial charge in [0.25, 0.3) is 0 Å². The zero-order chi connectivity index (χ0) is 15.8. The summed E-state index contributed by atoms with van der Waals surface area (Å²) in [6, 6.07) is 8.08. The Bertz CT molecular complexity index is 891. The van der Waals surface area contributed by atoms with Crippen molar-refractivity contribution in [1.29, 1.82) is 0 Å². The molecule has 4 rings (SSSR count). The van der Waals surface area contributed by atoms with Gasteiger partial charge in [0.05, 0.1) is 17.3 Å². The molecule has 6 nitrogen and oxygen atoms in total. The number of carbonyl (C=O) groups is 1. The second-order valence-electron chi connectivity index (χ2n) is 5.40. The third-order valence-corrected chi connectivity index (χ3v) is 5.00. The Balaban J connectivity index is 1.52. The molecular formula is C16H15N5OS. The van der Waals surface area contributed by atoms with Gasteiger partial charge in [-0.2, -0.15) is 5.10 Å². The lowest BCUT2D eigenvalue weighted by atomic mass is 10.2. The zero-order valence-corrected chi connectivity index (χ0v) is 13.5. The number of thioether (sulfide) groups is 1.